The summed E-state index contributed by atoms with van der Waals surface area (Å²) in [7, 11) is 0. The molecule has 0 saturated carbocycles. The third-order valence-corrected chi connectivity index (χ3v) is 4.92. The minimum atomic E-state index is 1.25. The summed E-state index contributed by atoms with van der Waals surface area (Å²) in [5, 5.41) is 0. The fourth-order valence-electron chi connectivity index (χ4n) is 1.38. The first-order valence-electron chi connectivity index (χ1n) is 4.36. The minimum absolute atomic E-state index is 1.25. The Hall–Kier alpha value is 0.350. The van der Waals surface area contributed by atoms with Crippen molar-refractivity contribution >= 4 is 0 Å². The van der Waals surface area contributed by atoms with Crippen molar-refractivity contribution in [2.24, 2.45) is 0 Å². The van der Waals surface area contributed by atoms with E-state index in [1.54, 1.807) is 14.5 Å². The zero-order chi connectivity index (χ0) is 8.27. The third kappa shape index (κ3) is 2.40. The molecule has 11 heavy (non-hydrogen) atoms. The molecular formula is C10H15Hf. The zero-order valence-corrected chi connectivity index (χ0v) is 11.0. The van der Waals surface area contributed by atoms with Gasteiger partial charge in [0.25, 0.3) is 0 Å². The normalized spacial score (nSPS) is 17.4. The van der Waals surface area contributed by atoms with E-state index in [2.05, 4.69) is 19.9 Å². The van der Waals surface area contributed by atoms with Crippen molar-refractivity contribution in [3.63, 3.8) is 0 Å². The van der Waals surface area contributed by atoms with Gasteiger partial charge in [-0.05, 0) is 0 Å². The molecule has 59 valence electrons. The van der Waals surface area contributed by atoms with Crippen molar-refractivity contribution < 1.29 is 24.4 Å². The topological polar surface area (TPSA) is 0 Å². The second kappa shape index (κ2) is 4.39. The molecule has 1 aliphatic rings. The first-order chi connectivity index (χ1) is 5.25. The van der Waals surface area contributed by atoms with Crippen molar-refractivity contribution in [3.8, 4) is 0 Å². The van der Waals surface area contributed by atoms with Crippen LogP contribution in [0.3, 0.4) is 0 Å². The van der Waals surface area contributed by atoms with Gasteiger partial charge in [0.15, 0.2) is 0 Å². The Kier molecular flexibility index (Phi) is 3.77. The van der Waals surface area contributed by atoms with Gasteiger partial charge in [0.1, 0.15) is 0 Å². The van der Waals surface area contributed by atoms with Gasteiger partial charge >= 0.3 is 84.5 Å². The van der Waals surface area contributed by atoms with Crippen LogP contribution >= 0.6 is 0 Å². The Labute approximate surface area is 84.3 Å². The van der Waals surface area contributed by atoms with Crippen molar-refractivity contribution in [1.82, 2.24) is 0 Å². The number of hydrogen-bond acceptors (Lipinski definition) is 0. The first kappa shape index (κ1) is 9.44. The van der Waals surface area contributed by atoms with Gasteiger partial charge in [-0.3, -0.25) is 0 Å². The number of allylic oxidation sites excluding steroid dienone is 4. The van der Waals surface area contributed by atoms with Crippen LogP contribution in [0.25, 0.3) is 0 Å². The van der Waals surface area contributed by atoms with E-state index in [9.17, 15) is 0 Å². The molecule has 0 spiro atoms. The summed E-state index contributed by atoms with van der Waals surface area (Å²) in [6.45, 7) is 4.52. The van der Waals surface area contributed by atoms with Crippen molar-refractivity contribution in [2.45, 2.75) is 39.5 Å². The van der Waals surface area contributed by atoms with Gasteiger partial charge in [0, 0.05) is 0 Å². The van der Waals surface area contributed by atoms with Crippen molar-refractivity contribution in [2.75, 3.05) is 0 Å². The molecule has 0 unspecified atom stereocenters. The summed E-state index contributed by atoms with van der Waals surface area (Å²) in [6, 6.07) is 0. The average Bonchev–Trinajstić information content (AvgIpc) is 2.31. The molecule has 0 saturated heterocycles. The molecule has 0 heterocycles. The maximum absolute atomic E-state index is 2.38. The molecule has 0 N–H and O–H groups in total. The summed E-state index contributed by atoms with van der Waals surface area (Å²) in [6.07, 6.45) is 7.70. The second-order valence-electron chi connectivity index (χ2n) is 3.17. The van der Waals surface area contributed by atoms with Crippen molar-refractivity contribution in [1.29, 1.82) is 0 Å². The molecule has 1 heteroatoms. The van der Waals surface area contributed by atoms with Gasteiger partial charge in [-0.15, -0.1) is 0 Å². The van der Waals surface area contributed by atoms with Gasteiger partial charge in [-0.1, -0.05) is 0 Å². The summed E-state index contributed by atoms with van der Waals surface area (Å²) in [5.41, 5.74) is 3.29. The quantitative estimate of drug-likeness (QED) is 0.701. The predicted octanol–water partition coefficient (Wildman–Crippen LogP) is 3.33. The van der Waals surface area contributed by atoms with E-state index in [0.717, 1.165) is 0 Å². The maximum atomic E-state index is 2.38. The number of hydrogen-bond donors (Lipinski definition) is 0. The Morgan fingerprint density at radius 2 is 2.27 bits per heavy atom. The molecule has 0 aromatic heterocycles. The summed E-state index contributed by atoms with van der Waals surface area (Å²) in [4.78, 5) is 0. The fraction of sp³-hybridized carbons (Fsp3) is 0.600. The second-order valence-corrected chi connectivity index (χ2v) is 4.97. The zero-order valence-electron chi connectivity index (χ0n) is 7.41. The Morgan fingerprint density at radius 1 is 1.55 bits per heavy atom. The van der Waals surface area contributed by atoms with Gasteiger partial charge in [0.05, 0.1) is 0 Å². The van der Waals surface area contributed by atoms with E-state index in [1.807, 2.05) is 0 Å². The van der Waals surface area contributed by atoms with Gasteiger partial charge < -0.3 is 0 Å². The van der Waals surface area contributed by atoms with E-state index in [1.165, 1.54) is 50.1 Å². The molecule has 0 nitrogen and oxygen atoms in total. The van der Waals surface area contributed by atoms with E-state index in [4.69, 9.17) is 0 Å². The van der Waals surface area contributed by atoms with Crippen LogP contribution in [0.2, 0.25) is 0 Å². The monoisotopic (exact) mass is 315 g/mol. The molecule has 0 atom stereocenters. The molecule has 1 aliphatic carbocycles. The fourth-order valence-corrected chi connectivity index (χ4v) is 2.56. The molecule has 0 aliphatic heterocycles. The van der Waals surface area contributed by atoms with Gasteiger partial charge in [0.2, 0.25) is 0 Å². The van der Waals surface area contributed by atoms with Crippen LogP contribution in [0.15, 0.2) is 20.6 Å². The molecule has 0 bridgehead atoms. The van der Waals surface area contributed by atoms with Crippen LogP contribution in [0, 0.1) is 0 Å². The Bertz CT molecular complexity index is 199. The Morgan fingerprint density at radius 3 is 2.73 bits per heavy atom. The standard InChI is InChI=1S/C10H15.Hf/c1-3-4-5-10-7-6-9(2)8-10;/h6H,3-5,7H2,1-2H3;. The summed E-state index contributed by atoms with van der Waals surface area (Å²) >= 11 is 1.25. The predicted molar refractivity (Wildman–Crippen MR) is 44.9 cm³/mol. The molecular weight excluding hydrogens is 299 g/mol. The van der Waals surface area contributed by atoms with E-state index in [-0.39, 0.29) is 0 Å². The summed E-state index contributed by atoms with van der Waals surface area (Å²) in [5.74, 6) is 0. The van der Waals surface area contributed by atoms with Crippen LogP contribution in [-0.2, 0) is 24.4 Å². The molecule has 0 fully saturated rings. The van der Waals surface area contributed by atoms with Gasteiger partial charge in [-0.2, -0.15) is 0 Å². The van der Waals surface area contributed by atoms with Crippen LogP contribution in [0.4, 0.5) is 0 Å². The van der Waals surface area contributed by atoms with Crippen LogP contribution in [0.5, 0.6) is 0 Å². The van der Waals surface area contributed by atoms with E-state index >= 15 is 0 Å². The SMILES string of the molecule is CCCCC1=[C]([Hf])C(C)=CC1. The number of rotatable bonds is 3. The Balaban J connectivity index is 2.49. The number of unbranched alkanes of at least 4 members (excludes halogenated alkanes) is 1. The average molecular weight is 314 g/mol. The summed E-state index contributed by atoms with van der Waals surface area (Å²) < 4.78 is 1.69. The third-order valence-electron chi connectivity index (χ3n) is 2.23. The molecule has 0 amide bonds. The van der Waals surface area contributed by atoms with Crippen LogP contribution in [-0.4, -0.2) is 0 Å². The molecule has 1 rings (SSSR count). The van der Waals surface area contributed by atoms with E-state index in [0.29, 0.717) is 0 Å². The van der Waals surface area contributed by atoms with Crippen LogP contribution in [0.1, 0.15) is 39.5 Å². The van der Waals surface area contributed by atoms with E-state index < -0.39 is 0 Å². The first-order valence-corrected chi connectivity index (χ1v) is 6.16. The molecule has 0 aromatic carbocycles. The van der Waals surface area contributed by atoms with Gasteiger partial charge in [-0.25, -0.2) is 0 Å². The molecule has 0 radical (unpaired) electrons. The van der Waals surface area contributed by atoms with Crippen LogP contribution < -0.4 is 0 Å². The van der Waals surface area contributed by atoms with Crippen molar-refractivity contribution in [3.05, 3.63) is 20.6 Å². The molecule has 0 aromatic rings.